The van der Waals surface area contributed by atoms with Gasteiger partial charge in [0.15, 0.2) is 0 Å². The monoisotopic (exact) mass is 256 g/mol. The van der Waals surface area contributed by atoms with Crippen LogP contribution in [-0.4, -0.2) is 38.1 Å². The lowest BCUT2D eigenvalue weighted by Crippen LogP contribution is -2.48. The van der Waals surface area contributed by atoms with E-state index in [2.05, 4.69) is 10.6 Å². The van der Waals surface area contributed by atoms with E-state index in [1.54, 1.807) is 0 Å². The highest BCUT2D eigenvalue weighted by Gasteiger charge is 2.27. The van der Waals surface area contributed by atoms with E-state index in [9.17, 15) is 9.59 Å². The highest BCUT2D eigenvalue weighted by atomic mass is 16.5. The van der Waals surface area contributed by atoms with Gasteiger partial charge in [0, 0.05) is 6.54 Å². The van der Waals surface area contributed by atoms with Gasteiger partial charge in [-0.25, -0.2) is 4.79 Å². The largest absolute Gasteiger partial charge is 0.467 e. The second-order valence-corrected chi connectivity index (χ2v) is 5.26. The van der Waals surface area contributed by atoms with Crippen molar-refractivity contribution in [2.75, 3.05) is 20.2 Å². The molecule has 0 aromatic carbocycles. The summed E-state index contributed by atoms with van der Waals surface area (Å²) in [5, 5.41) is 6.01. The fourth-order valence-electron chi connectivity index (χ4n) is 2.19. The molecule has 5 nitrogen and oxygen atoms in total. The summed E-state index contributed by atoms with van der Waals surface area (Å²) in [5.41, 5.74) is 0. The molecule has 18 heavy (non-hydrogen) atoms. The third-order valence-corrected chi connectivity index (χ3v) is 3.18. The van der Waals surface area contributed by atoms with E-state index in [1.165, 1.54) is 7.11 Å². The molecule has 1 rings (SSSR count). The Morgan fingerprint density at radius 3 is 2.67 bits per heavy atom. The quantitative estimate of drug-likeness (QED) is 0.710. The molecular formula is C13H24N2O3. The van der Waals surface area contributed by atoms with Crippen molar-refractivity contribution in [1.29, 1.82) is 0 Å². The van der Waals surface area contributed by atoms with Crippen molar-refractivity contribution in [2.45, 2.75) is 39.2 Å². The predicted octanol–water partition coefficient (Wildman–Crippen LogP) is 0.690. The Bertz CT molecular complexity index is 286. The summed E-state index contributed by atoms with van der Waals surface area (Å²) in [7, 11) is 1.35. The van der Waals surface area contributed by atoms with Crippen LogP contribution in [0.5, 0.6) is 0 Å². The fourth-order valence-corrected chi connectivity index (χ4v) is 2.19. The molecule has 0 aromatic heterocycles. The molecule has 0 aliphatic carbocycles. The SMILES string of the molecule is COC(=O)C(CC(C)C)NC(=O)[C@@H]1CCCNC1. The summed E-state index contributed by atoms with van der Waals surface area (Å²) in [6.45, 7) is 5.70. The first kappa shape index (κ1) is 15.0. The maximum absolute atomic E-state index is 12.1. The lowest BCUT2D eigenvalue weighted by molar-refractivity contribution is -0.146. The molecular weight excluding hydrogens is 232 g/mol. The number of hydrogen-bond acceptors (Lipinski definition) is 4. The number of piperidine rings is 1. The van der Waals surface area contributed by atoms with Gasteiger partial charge in [0.25, 0.3) is 0 Å². The highest BCUT2D eigenvalue weighted by molar-refractivity contribution is 5.85. The maximum Gasteiger partial charge on any atom is 0.328 e. The van der Waals surface area contributed by atoms with Crippen LogP contribution in [-0.2, 0) is 14.3 Å². The van der Waals surface area contributed by atoms with Gasteiger partial charge in [0.1, 0.15) is 6.04 Å². The van der Waals surface area contributed by atoms with Crippen LogP contribution in [0.2, 0.25) is 0 Å². The molecule has 1 fully saturated rings. The number of esters is 1. The van der Waals surface area contributed by atoms with Gasteiger partial charge in [-0.3, -0.25) is 4.79 Å². The van der Waals surface area contributed by atoms with E-state index >= 15 is 0 Å². The molecule has 0 aromatic rings. The van der Waals surface area contributed by atoms with E-state index in [0.717, 1.165) is 19.4 Å². The molecule has 0 saturated carbocycles. The van der Waals surface area contributed by atoms with Crippen molar-refractivity contribution >= 4 is 11.9 Å². The van der Waals surface area contributed by atoms with Gasteiger partial charge in [-0.15, -0.1) is 0 Å². The van der Waals surface area contributed by atoms with E-state index in [0.29, 0.717) is 18.9 Å². The summed E-state index contributed by atoms with van der Waals surface area (Å²) >= 11 is 0. The van der Waals surface area contributed by atoms with Crippen LogP contribution in [0.3, 0.4) is 0 Å². The molecule has 0 spiro atoms. The molecule has 1 aliphatic rings. The molecule has 5 heteroatoms. The minimum atomic E-state index is -0.524. The van der Waals surface area contributed by atoms with Gasteiger partial charge >= 0.3 is 5.97 Å². The van der Waals surface area contributed by atoms with E-state index in [1.807, 2.05) is 13.8 Å². The van der Waals surface area contributed by atoms with Crippen molar-refractivity contribution in [3.8, 4) is 0 Å². The third kappa shape index (κ3) is 4.64. The smallest absolute Gasteiger partial charge is 0.328 e. The molecule has 1 amide bonds. The summed E-state index contributed by atoms with van der Waals surface area (Å²) < 4.78 is 4.73. The number of hydrogen-bond donors (Lipinski definition) is 2. The van der Waals surface area contributed by atoms with Gasteiger partial charge in [0.05, 0.1) is 13.0 Å². The van der Waals surface area contributed by atoms with E-state index in [-0.39, 0.29) is 17.8 Å². The fraction of sp³-hybridized carbons (Fsp3) is 0.846. The van der Waals surface area contributed by atoms with Crippen LogP contribution < -0.4 is 10.6 Å². The molecule has 1 aliphatic heterocycles. The Hall–Kier alpha value is -1.10. The van der Waals surface area contributed by atoms with E-state index in [4.69, 9.17) is 4.74 Å². The van der Waals surface area contributed by atoms with Gasteiger partial charge in [0.2, 0.25) is 5.91 Å². The molecule has 0 bridgehead atoms. The van der Waals surface area contributed by atoms with Crippen LogP contribution in [0.1, 0.15) is 33.1 Å². The lowest BCUT2D eigenvalue weighted by Gasteiger charge is -2.25. The first-order valence-corrected chi connectivity index (χ1v) is 6.63. The molecule has 1 saturated heterocycles. The van der Waals surface area contributed by atoms with E-state index < -0.39 is 6.04 Å². The molecule has 104 valence electrons. The number of nitrogens with one attached hydrogen (secondary N) is 2. The minimum Gasteiger partial charge on any atom is -0.467 e. The van der Waals surface area contributed by atoms with Crippen LogP contribution >= 0.6 is 0 Å². The Morgan fingerprint density at radius 1 is 1.44 bits per heavy atom. The normalized spacial score (nSPS) is 21.4. The van der Waals surface area contributed by atoms with Crippen LogP contribution in [0.15, 0.2) is 0 Å². The zero-order valence-electron chi connectivity index (χ0n) is 11.5. The first-order valence-electron chi connectivity index (χ1n) is 6.63. The number of methoxy groups -OCH3 is 1. The minimum absolute atomic E-state index is 0.0296. The summed E-state index contributed by atoms with van der Waals surface area (Å²) in [4.78, 5) is 23.7. The second kappa shape index (κ2) is 7.36. The molecule has 0 radical (unpaired) electrons. The second-order valence-electron chi connectivity index (χ2n) is 5.26. The molecule has 2 atom stereocenters. The predicted molar refractivity (Wildman–Crippen MR) is 69.0 cm³/mol. The van der Waals surface area contributed by atoms with Crippen molar-refractivity contribution in [2.24, 2.45) is 11.8 Å². The third-order valence-electron chi connectivity index (χ3n) is 3.18. The van der Waals surface area contributed by atoms with Crippen molar-refractivity contribution in [1.82, 2.24) is 10.6 Å². The summed E-state index contributed by atoms with van der Waals surface area (Å²) in [6.07, 6.45) is 2.50. The Kier molecular flexibility index (Phi) is 6.12. The number of rotatable bonds is 5. The van der Waals surface area contributed by atoms with Crippen molar-refractivity contribution < 1.29 is 14.3 Å². The topological polar surface area (TPSA) is 67.4 Å². The number of ether oxygens (including phenoxy) is 1. The van der Waals surface area contributed by atoms with Gasteiger partial charge in [-0.1, -0.05) is 13.8 Å². The standard InChI is InChI=1S/C13H24N2O3/c1-9(2)7-11(13(17)18-3)15-12(16)10-5-4-6-14-8-10/h9-11,14H,4-8H2,1-3H3,(H,15,16)/t10-,11?/m1/s1. The molecule has 1 unspecified atom stereocenters. The average Bonchev–Trinajstić information content (AvgIpc) is 2.37. The number of amides is 1. The summed E-state index contributed by atoms with van der Waals surface area (Å²) in [6, 6.07) is -0.524. The Labute approximate surface area is 109 Å². The Morgan fingerprint density at radius 2 is 2.17 bits per heavy atom. The van der Waals surface area contributed by atoms with Gasteiger partial charge in [-0.2, -0.15) is 0 Å². The average molecular weight is 256 g/mol. The first-order chi connectivity index (χ1) is 8.54. The van der Waals surface area contributed by atoms with Crippen LogP contribution in [0, 0.1) is 11.8 Å². The van der Waals surface area contributed by atoms with Crippen LogP contribution in [0.25, 0.3) is 0 Å². The van der Waals surface area contributed by atoms with Gasteiger partial charge in [-0.05, 0) is 31.7 Å². The highest BCUT2D eigenvalue weighted by Crippen LogP contribution is 2.12. The zero-order valence-corrected chi connectivity index (χ0v) is 11.5. The molecule has 2 N–H and O–H groups in total. The lowest BCUT2D eigenvalue weighted by atomic mass is 9.97. The number of carbonyl (C=O) groups excluding carboxylic acids is 2. The zero-order chi connectivity index (χ0) is 13.5. The maximum atomic E-state index is 12.1. The number of carbonyl (C=O) groups is 2. The van der Waals surface area contributed by atoms with Crippen molar-refractivity contribution in [3.63, 3.8) is 0 Å². The Balaban J connectivity index is 2.52. The van der Waals surface area contributed by atoms with Crippen LogP contribution in [0.4, 0.5) is 0 Å². The summed E-state index contributed by atoms with van der Waals surface area (Å²) in [5.74, 6) is -0.101. The van der Waals surface area contributed by atoms with Crippen molar-refractivity contribution in [3.05, 3.63) is 0 Å². The molecule has 1 heterocycles. The van der Waals surface area contributed by atoms with Gasteiger partial charge < -0.3 is 15.4 Å².